The number of hydrogen-bond acceptors (Lipinski definition) is 5. The van der Waals surface area contributed by atoms with E-state index in [0.717, 1.165) is 61.9 Å². The van der Waals surface area contributed by atoms with E-state index >= 15 is 0 Å². The number of fused-ring (bicyclic) bond motifs is 3. The smallest absolute Gasteiger partial charge is 0.222 e. The maximum atomic E-state index is 11.7. The van der Waals surface area contributed by atoms with Crippen molar-refractivity contribution < 1.29 is 4.79 Å². The van der Waals surface area contributed by atoms with Gasteiger partial charge < -0.3 is 10.2 Å². The molecule has 6 heteroatoms. The number of amides is 1. The Morgan fingerprint density at radius 3 is 3.12 bits per heavy atom. The minimum absolute atomic E-state index is 0.306. The van der Waals surface area contributed by atoms with E-state index in [9.17, 15) is 4.79 Å². The van der Waals surface area contributed by atoms with Crippen molar-refractivity contribution in [3.63, 3.8) is 0 Å². The second kappa shape index (κ2) is 6.67. The Hall–Kier alpha value is -1.69. The van der Waals surface area contributed by atoms with Crippen molar-refractivity contribution in [3.05, 3.63) is 16.8 Å². The first-order valence-corrected chi connectivity index (χ1v) is 9.81. The van der Waals surface area contributed by atoms with Crippen molar-refractivity contribution in [2.24, 2.45) is 5.92 Å². The lowest BCUT2D eigenvalue weighted by Gasteiger charge is -2.18. The van der Waals surface area contributed by atoms with E-state index in [1.54, 1.807) is 6.33 Å². The summed E-state index contributed by atoms with van der Waals surface area (Å²) in [6, 6.07) is 0. The summed E-state index contributed by atoms with van der Waals surface area (Å²) in [5, 5.41) is 4.73. The predicted molar refractivity (Wildman–Crippen MR) is 97.5 cm³/mol. The Morgan fingerprint density at radius 2 is 2.29 bits per heavy atom. The van der Waals surface area contributed by atoms with Crippen molar-refractivity contribution in [3.8, 4) is 0 Å². The van der Waals surface area contributed by atoms with E-state index in [2.05, 4.69) is 22.2 Å². The molecule has 1 aliphatic carbocycles. The summed E-state index contributed by atoms with van der Waals surface area (Å²) in [6.07, 6.45) is 7.93. The summed E-state index contributed by atoms with van der Waals surface area (Å²) in [7, 11) is 0. The molecule has 3 heterocycles. The molecule has 24 heavy (non-hydrogen) atoms. The van der Waals surface area contributed by atoms with Crippen LogP contribution >= 0.6 is 11.3 Å². The normalized spacial score (nSPS) is 20.6. The molecule has 1 amide bonds. The molecule has 4 rings (SSSR count). The Labute approximate surface area is 146 Å². The van der Waals surface area contributed by atoms with E-state index < -0.39 is 0 Å². The number of thiophene rings is 1. The molecule has 0 bridgehead atoms. The quantitative estimate of drug-likeness (QED) is 0.846. The van der Waals surface area contributed by atoms with Crippen LogP contribution in [0.25, 0.3) is 10.2 Å². The number of likely N-dealkylation sites (tertiary alicyclic amines) is 1. The molecule has 0 radical (unpaired) electrons. The molecule has 0 unspecified atom stereocenters. The molecule has 5 nitrogen and oxygen atoms in total. The predicted octanol–water partition coefficient (Wildman–Crippen LogP) is 3.24. The number of nitrogens with zero attached hydrogens (tertiary/aromatic N) is 3. The van der Waals surface area contributed by atoms with Crippen LogP contribution in [0, 0.1) is 5.92 Å². The number of carbonyl (C=O) groups excluding carboxylic acids is 1. The van der Waals surface area contributed by atoms with Gasteiger partial charge >= 0.3 is 0 Å². The van der Waals surface area contributed by atoms with Crippen molar-refractivity contribution in [1.82, 2.24) is 14.9 Å². The monoisotopic (exact) mass is 344 g/mol. The second-order valence-corrected chi connectivity index (χ2v) is 8.10. The maximum absolute atomic E-state index is 11.7. The molecule has 0 spiro atoms. The van der Waals surface area contributed by atoms with Crippen LogP contribution in [0.2, 0.25) is 0 Å². The third kappa shape index (κ3) is 2.99. The molecule has 1 aliphatic heterocycles. The van der Waals surface area contributed by atoms with Crippen molar-refractivity contribution in [2.45, 2.75) is 45.4 Å². The standard InChI is InChI=1S/C18H24N4OS/c1-12-5-6-13-14(10-12)24-18-16(13)17(20-11-21-18)19-7-3-9-22-8-2-4-15(22)23/h11-12H,2-10H2,1H3,(H,19,20,21)/t12-/m0/s1. The highest BCUT2D eigenvalue weighted by atomic mass is 32.1. The maximum Gasteiger partial charge on any atom is 0.222 e. The Balaban J connectivity index is 1.45. The van der Waals surface area contributed by atoms with Crippen LogP contribution in [0.1, 0.15) is 43.0 Å². The average molecular weight is 344 g/mol. The lowest BCUT2D eigenvalue weighted by Crippen LogP contribution is -2.27. The number of hydrogen-bond donors (Lipinski definition) is 1. The van der Waals surface area contributed by atoms with Crippen LogP contribution in [0.3, 0.4) is 0 Å². The summed E-state index contributed by atoms with van der Waals surface area (Å²) in [4.78, 5) is 25.2. The SMILES string of the molecule is C[C@H]1CCc2c(sc3ncnc(NCCCN4CCCC4=O)c23)C1. The van der Waals surface area contributed by atoms with Gasteiger partial charge in [0.15, 0.2) is 0 Å². The summed E-state index contributed by atoms with van der Waals surface area (Å²) in [5.41, 5.74) is 1.46. The van der Waals surface area contributed by atoms with Crippen LogP contribution < -0.4 is 5.32 Å². The van der Waals surface area contributed by atoms with Crippen LogP contribution in [0.5, 0.6) is 0 Å². The number of rotatable bonds is 5. The lowest BCUT2D eigenvalue weighted by atomic mass is 9.89. The van der Waals surface area contributed by atoms with Crippen molar-refractivity contribution >= 4 is 33.3 Å². The molecule has 1 atom stereocenters. The first-order chi connectivity index (χ1) is 11.7. The van der Waals surface area contributed by atoms with Gasteiger partial charge in [0.2, 0.25) is 5.91 Å². The van der Waals surface area contributed by atoms with Gasteiger partial charge in [0.25, 0.3) is 0 Å². The van der Waals surface area contributed by atoms with Crippen molar-refractivity contribution in [2.75, 3.05) is 25.0 Å². The van der Waals surface area contributed by atoms with E-state index in [0.29, 0.717) is 5.91 Å². The van der Waals surface area contributed by atoms with Gasteiger partial charge in [-0.1, -0.05) is 6.92 Å². The summed E-state index contributed by atoms with van der Waals surface area (Å²) in [5.74, 6) is 2.05. The van der Waals surface area contributed by atoms with E-state index in [1.807, 2.05) is 16.2 Å². The minimum atomic E-state index is 0.306. The third-order valence-electron chi connectivity index (χ3n) is 5.16. The van der Waals surface area contributed by atoms with Gasteiger partial charge in [-0.2, -0.15) is 0 Å². The molecule has 0 aromatic carbocycles. The molecule has 0 saturated carbocycles. The second-order valence-electron chi connectivity index (χ2n) is 7.02. The number of nitrogens with one attached hydrogen (secondary N) is 1. The zero-order valence-electron chi connectivity index (χ0n) is 14.2. The largest absolute Gasteiger partial charge is 0.369 e. The van der Waals surface area contributed by atoms with Crippen LogP contribution in [-0.2, 0) is 17.6 Å². The van der Waals surface area contributed by atoms with Gasteiger partial charge in [0.1, 0.15) is 17.0 Å². The first kappa shape index (κ1) is 15.8. The summed E-state index contributed by atoms with van der Waals surface area (Å²) >= 11 is 1.83. The first-order valence-electron chi connectivity index (χ1n) is 8.99. The number of aromatic nitrogens is 2. The van der Waals surface area contributed by atoms with Crippen molar-refractivity contribution in [1.29, 1.82) is 0 Å². The Bertz CT molecular complexity index is 757. The molecular weight excluding hydrogens is 320 g/mol. The molecule has 2 aromatic heterocycles. The molecule has 1 N–H and O–H groups in total. The Kier molecular flexibility index (Phi) is 4.39. The highest BCUT2D eigenvalue weighted by molar-refractivity contribution is 7.19. The number of aryl methyl sites for hydroxylation is 1. The summed E-state index contributed by atoms with van der Waals surface area (Å²) < 4.78 is 0. The van der Waals surface area contributed by atoms with Crippen LogP contribution in [0.15, 0.2) is 6.33 Å². The highest BCUT2D eigenvalue weighted by Crippen LogP contribution is 2.39. The molecule has 2 aliphatic rings. The van der Waals surface area contributed by atoms with E-state index in [-0.39, 0.29) is 0 Å². The summed E-state index contributed by atoms with van der Waals surface area (Å²) in [6.45, 7) is 4.95. The fraction of sp³-hybridized carbons (Fsp3) is 0.611. The van der Waals surface area contributed by atoms with E-state index in [4.69, 9.17) is 0 Å². The van der Waals surface area contributed by atoms with Crippen LogP contribution in [-0.4, -0.2) is 40.4 Å². The highest BCUT2D eigenvalue weighted by Gasteiger charge is 2.23. The zero-order chi connectivity index (χ0) is 16.5. The fourth-order valence-electron chi connectivity index (χ4n) is 3.83. The number of carbonyl (C=O) groups is 1. The molecule has 128 valence electrons. The minimum Gasteiger partial charge on any atom is -0.369 e. The van der Waals surface area contributed by atoms with Crippen LogP contribution in [0.4, 0.5) is 5.82 Å². The molecular formula is C18H24N4OS. The third-order valence-corrected chi connectivity index (χ3v) is 6.32. The molecule has 1 saturated heterocycles. The lowest BCUT2D eigenvalue weighted by molar-refractivity contribution is -0.127. The van der Waals surface area contributed by atoms with Gasteiger partial charge in [0.05, 0.1) is 5.39 Å². The van der Waals surface area contributed by atoms with E-state index in [1.165, 1.54) is 28.7 Å². The fourth-order valence-corrected chi connectivity index (χ4v) is 5.18. The number of anilines is 1. The Morgan fingerprint density at radius 1 is 1.38 bits per heavy atom. The molecule has 1 fully saturated rings. The molecule has 2 aromatic rings. The van der Waals surface area contributed by atoms with Gasteiger partial charge in [0, 0.05) is 30.9 Å². The topological polar surface area (TPSA) is 58.1 Å². The zero-order valence-corrected chi connectivity index (χ0v) is 15.0. The average Bonchev–Trinajstić information content (AvgIpc) is 3.14. The van der Waals surface area contributed by atoms with Gasteiger partial charge in [-0.3, -0.25) is 4.79 Å². The van der Waals surface area contributed by atoms with Gasteiger partial charge in [-0.05, 0) is 43.6 Å². The van der Waals surface area contributed by atoms with Gasteiger partial charge in [-0.25, -0.2) is 9.97 Å². The van der Waals surface area contributed by atoms with Gasteiger partial charge in [-0.15, -0.1) is 11.3 Å².